The fourth-order valence-corrected chi connectivity index (χ4v) is 5.54. The molecule has 1 aromatic heterocycles. The highest BCUT2D eigenvalue weighted by Gasteiger charge is 2.20. The first-order chi connectivity index (χ1) is 15.0. The largest absolute Gasteiger partial charge is 0.354 e. The van der Waals surface area contributed by atoms with E-state index in [1.165, 1.54) is 39.7 Å². The minimum absolute atomic E-state index is 0.00750. The summed E-state index contributed by atoms with van der Waals surface area (Å²) >= 11 is 3.20. The fourth-order valence-electron chi connectivity index (χ4n) is 3.75. The number of hydrogen-bond acceptors (Lipinski definition) is 6. The Morgan fingerprint density at radius 2 is 1.90 bits per heavy atom. The summed E-state index contributed by atoms with van der Waals surface area (Å²) in [6, 6.07) is 10.6. The summed E-state index contributed by atoms with van der Waals surface area (Å²) in [7, 11) is 0. The Morgan fingerprint density at radius 1 is 1.16 bits per heavy atom. The lowest BCUT2D eigenvalue weighted by atomic mass is 10.1. The number of hydrogen-bond donors (Lipinski definition) is 1. The van der Waals surface area contributed by atoms with Crippen molar-refractivity contribution in [3.05, 3.63) is 53.3 Å². The number of amides is 1. The minimum Gasteiger partial charge on any atom is -0.354 e. The molecule has 8 heteroatoms. The molecule has 0 aliphatic carbocycles. The SMILES string of the molecule is Cc1cc(C)c2sc(N3CCN(CCNC(=O)CSc4ccc(F)cc4)CC3)nc2c1. The van der Waals surface area contributed by atoms with Gasteiger partial charge in [0, 0.05) is 44.2 Å². The van der Waals surface area contributed by atoms with Crippen molar-refractivity contribution in [3.8, 4) is 0 Å². The van der Waals surface area contributed by atoms with Crippen LogP contribution in [0.25, 0.3) is 10.2 Å². The number of halogens is 1. The second kappa shape index (κ2) is 9.97. The van der Waals surface area contributed by atoms with E-state index >= 15 is 0 Å². The number of carbonyl (C=O) groups is 1. The molecule has 0 unspecified atom stereocenters. The van der Waals surface area contributed by atoms with Crippen LogP contribution in [0.3, 0.4) is 0 Å². The molecule has 2 heterocycles. The van der Waals surface area contributed by atoms with E-state index in [1.807, 2.05) is 0 Å². The fraction of sp³-hybridized carbons (Fsp3) is 0.391. The summed E-state index contributed by atoms with van der Waals surface area (Å²) in [5, 5.41) is 4.09. The third-order valence-electron chi connectivity index (χ3n) is 5.39. The second-order valence-electron chi connectivity index (χ2n) is 7.85. The molecular weight excluding hydrogens is 431 g/mol. The van der Waals surface area contributed by atoms with E-state index in [2.05, 4.69) is 41.1 Å². The Hall–Kier alpha value is -2.16. The number of piperazine rings is 1. The molecule has 1 fully saturated rings. The van der Waals surface area contributed by atoms with Crippen LogP contribution in [0.5, 0.6) is 0 Å². The second-order valence-corrected chi connectivity index (χ2v) is 9.87. The van der Waals surface area contributed by atoms with E-state index in [-0.39, 0.29) is 11.7 Å². The van der Waals surface area contributed by atoms with Crippen LogP contribution in [0.15, 0.2) is 41.3 Å². The van der Waals surface area contributed by atoms with Crippen LogP contribution in [0, 0.1) is 19.7 Å². The van der Waals surface area contributed by atoms with E-state index in [4.69, 9.17) is 4.98 Å². The van der Waals surface area contributed by atoms with Crippen LogP contribution < -0.4 is 10.2 Å². The zero-order chi connectivity index (χ0) is 21.8. The first-order valence-corrected chi connectivity index (χ1v) is 12.3. The number of carbonyl (C=O) groups excluding carboxylic acids is 1. The molecule has 1 amide bonds. The number of rotatable bonds is 7. The van der Waals surface area contributed by atoms with Gasteiger partial charge in [-0.15, -0.1) is 11.8 Å². The molecule has 0 spiro atoms. The van der Waals surface area contributed by atoms with Crippen molar-refractivity contribution >= 4 is 44.4 Å². The number of nitrogens with zero attached hydrogens (tertiary/aromatic N) is 3. The summed E-state index contributed by atoms with van der Waals surface area (Å²) < 4.78 is 14.2. The molecule has 1 aliphatic heterocycles. The Kier molecular flexibility index (Phi) is 7.09. The summed E-state index contributed by atoms with van der Waals surface area (Å²) in [6.07, 6.45) is 0. The van der Waals surface area contributed by atoms with Crippen LogP contribution >= 0.6 is 23.1 Å². The number of benzene rings is 2. The van der Waals surface area contributed by atoms with Gasteiger partial charge in [0.1, 0.15) is 5.82 Å². The van der Waals surface area contributed by atoms with Crippen LogP contribution in [0.4, 0.5) is 9.52 Å². The molecule has 0 radical (unpaired) electrons. The lowest BCUT2D eigenvalue weighted by Crippen LogP contribution is -2.48. The molecule has 31 heavy (non-hydrogen) atoms. The highest BCUT2D eigenvalue weighted by atomic mass is 32.2. The average molecular weight is 459 g/mol. The highest BCUT2D eigenvalue weighted by Crippen LogP contribution is 2.32. The minimum atomic E-state index is -0.262. The van der Waals surface area contributed by atoms with Gasteiger partial charge in [0.05, 0.1) is 16.0 Å². The van der Waals surface area contributed by atoms with E-state index in [0.29, 0.717) is 12.3 Å². The van der Waals surface area contributed by atoms with E-state index in [0.717, 1.165) is 48.3 Å². The number of anilines is 1. The van der Waals surface area contributed by atoms with Crippen molar-refractivity contribution < 1.29 is 9.18 Å². The number of aryl methyl sites for hydroxylation is 2. The number of thiazole rings is 1. The van der Waals surface area contributed by atoms with Crippen LogP contribution in [-0.4, -0.2) is 60.8 Å². The monoisotopic (exact) mass is 458 g/mol. The zero-order valence-electron chi connectivity index (χ0n) is 17.9. The molecule has 1 N–H and O–H groups in total. The maximum atomic E-state index is 12.9. The molecule has 0 atom stereocenters. The Balaban J connectivity index is 1.18. The molecular formula is C23H27FN4OS2. The lowest BCUT2D eigenvalue weighted by Gasteiger charge is -2.34. The first kappa shape index (κ1) is 22.0. The third-order valence-corrected chi connectivity index (χ3v) is 7.66. The predicted octanol–water partition coefficient (Wildman–Crippen LogP) is 4.08. The maximum Gasteiger partial charge on any atom is 0.230 e. The van der Waals surface area contributed by atoms with Gasteiger partial charge in [-0.1, -0.05) is 17.4 Å². The smallest absolute Gasteiger partial charge is 0.230 e. The predicted molar refractivity (Wildman–Crippen MR) is 128 cm³/mol. The van der Waals surface area contributed by atoms with Gasteiger partial charge in [0.2, 0.25) is 5.91 Å². The van der Waals surface area contributed by atoms with Crippen molar-refractivity contribution in [2.75, 3.05) is 49.9 Å². The average Bonchev–Trinajstić information content (AvgIpc) is 3.18. The van der Waals surface area contributed by atoms with Gasteiger partial charge in [0.25, 0.3) is 0 Å². The Morgan fingerprint density at radius 3 is 2.65 bits per heavy atom. The van der Waals surface area contributed by atoms with E-state index in [1.54, 1.807) is 23.5 Å². The summed E-state index contributed by atoms with van der Waals surface area (Å²) in [5.74, 6) is 0.0889. The zero-order valence-corrected chi connectivity index (χ0v) is 19.5. The van der Waals surface area contributed by atoms with Crippen molar-refractivity contribution in [1.82, 2.24) is 15.2 Å². The van der Waals surface area contributed by atoms with Gasteiger partial charge in [-0.25, -0.2) is 9.37 Å². The third kappa shape index (κ3) is 5.75. The Bertz CT molecular complexity index is 1050. The standard InChI is InChI=1S/C23H27FN4OS2/c1-16-13-17(2)22-20(14-16)26-23(31-22)28-11-9-27(10-12-28)8-7-25-21(29)15-30-19-5-3-18(24)4-6-19/h3-6,13-14H,7-12,15H2,1-2H3,(H,25,29). The van der Waals surface area contributed by atoms with Gasteiger partial charge < -0.3 is 10.2 Å². The van der Waals surface area contributed by atoms with Gasteiger partial charge in [-0.05, 0) is 55.3 Å². The number of nitrogens with one attached hydrogen (secondary N) is 1. The summed E-state index contributed by atoms with van der Waals surface area (Å²) in [4.78, 5) is 22.6. The van der Waals surface area contributed by atoms with Crippen molar-refractivity contribution in [1.29, 1.82) is 0 Å². The number of aromatic nitrogens is 1. The molecule has 1 saturated heterocycles. The summed E-state index contributed by atoms with van der Waals surface area (Å²) in [5.41, 5.74) is 3.65. The molecule has 5 nitrogen and oxygen atoms in total. The van der Waals surface area contributed by atoms with Crippen LogP contribution in [0.1, 0.15) is 11.1 Å². The topological polar surface area (TPSA) is 48.5 Å². The van der Waals surface area contributed by atoms with E-state index < -0.39 is 0 Å². The number of thioether (sulfide) groups is 1. The van der Waals surface area contributed by atoms with Gasteiger partial charge in [0.15, 0.2) is 5.13 Å². The molecule has 0 bridgehead atoms. The highest BCUT2D eigenvalue weighted by molar-refractivity contribution is 8.00. The van der Waals surface area contributed by atoms with Crippen LogP contribution in [0.2, 0.25) is 0 Å². The molecule has 164 valence electrons. The molecule has 0 saturated carbocycles. The molecule has 1 aliphatic rings. The van der Waals surface area contributed by atoms with Crippen molar-refractivity contribution in [2.24, 2.45) is 0 Å². The molecule has 2 aromatic carbocycles. The quantitative estimate of drug-likeness (QED) is 0.541. The van der Waals surface area contributed by atoms with E-state index in [9.17, 15) is 9.18 Å². The van der Waals surface area contributed by atoms with Gasteiger partial charge >= 0.3 is 0 Å². The summed E-state index contributed by atoms with van der Waals surface area (Å²) in [6.45, 7) is 9.59. The molecule has 3 aromatic rings. The van der Waals surface area contributed by atoms with Gasteiger partial charge in [-0.2, -0.15) is 0 Å². The van der Waals surface area contributed by atoms with Crippen LogP contribution in [-0.2, 0) is 4.79 Å². The van der Waals surface area contributed by atoms with Gasteiger partial charge in [-0.3, -0.25) is 9.69 Å². The lowest BCUT2D eigenvalue weighted by molar-refractivity contribution is -0.118. The molecule has 4 rings (SSSR count). The maximum absolute atomic E-state index is 12.9. The number of fused-ring (bicyclic) bond motifs is 1. The Labute approximate surface area is 190 Å². The van der Waals surface area contributed by atoms with Crippen molar-refractivity contribution in [3.63, 3.8) is 0 Å². The normalized spacial score (nSPS) is 14.9. The van der Waals surface area contributed by atoms with Crippen molar-refractivity contribution in [2.45, 2.75) is 18.7 Å². The first-order valence-electron chi connectivity index (χ1n) is 10.5.